The van der Waals surface area contributed by atoms with Crippen molar-refractivity contribution in [1.82, 2.24) is 10.2 Å². The number of nitrogens with one attached hydrogen (secondary N) is 1. The quantitative estimate of drug-likeness (QED) is 0.830. The molecule has 3 rings (SSSR count). The number of carboxylic acids is 1. The van der Waals surface area contributed by atoms with E-state index in [1.165, 1.54) is 6.07 Å². The molecule has 0 bridgehead atoms. The van der Waals surface area contributed by atoms with E-state index in [1.54, 1.807) is 18.2 Å². The molecule has 0 atom stereocenters. The molecule has 0 radical (unpaired) electrons. The second-order valence-electron chi connectivity index (χ2n) is 5.57. The lowest BCUT2D eigenvalue weighted by molar-refractivity contribution is -0.131. The molecule has 6 heteroatoms. The number of amides is 3. The number of carbonyl (C=O) groups excluding carboxylic acids is 2. The van der Waals surface area contributed by atoms with Crippen molar-refractivity contribution in [3.05, 3.63) is 35.4 Å². The fourth-order valence-electron chi connectivity index (χ4n) is 3.17. The van der Waals surface area contributed by atoms with Crippen LogP contribution in [0.4, 0.5) is 4.79 Å². The molecule has 1 aliphatic heterocycles. The Morgan fingerprint density at radius 2 is 1.90 bits per heavy atom. The van der Waals surface area contributed by atoms with Gasteiger partial charge in [0, 0.05) is 0 Å². The van der Waals surface area contributed by atoms with Crippen molar-refractivity contribution in [3.63, 3.8) is 0 Å². The second-order valence-corrected chi connectivity index (χ2v) is 5.57. The molecule has 2 N–H and O–H groups in total. The minimum absolute atomic E-state index is 0.00507. The Kier molecular flexibility index (Phi) is 3.16. The van der Waals surface area contributed by atoms with Crippen molar-refractivity contribution in [2.24, 2.45) is 0 Å². The third-order valence-corrected chi connectivity index (χ3v) is 4.28. The highest BCUT2D eigenvalue weighted by molar-refractivity contribution is 6.07. The average Bonchev–Trinajstić information content (AvgIpc) is 3.01. The SMILES string of the molecule is O=C(O)c1ccccc1CN1C(=O)NC2(CCCC2)C1=O. The van der Waals surface area contributed by atoms with Gasteiger partial charge in [-0.25, -0.2) is 9.59 Å². The number of urea groups is 1. The van der Waals surface area contributed by atoms with Crippen molar-refractivity contribution in [2.75, 3.05) is 0 Å². The Labute approximate surface area is 121 Å². The van der Waals surface area contributed by atoms with E-state index < -0.39 is 17.5 Å². The molecule has 2 aliphatic rings. The summed E-state index contributed by atoms with van der Waals surface area (Å²) in [7, 11) is 0. The van der Waals surface area contributed by atoms with Crippen LogP contribution in [-0.4, -0.2) is 33.5 Å². The Bertz CT molecular complexity index is 620. The minimum atomic E-state index is -1.06. The number of nitrogens with zero attached hydrogens (tertiary/aromatic N) is 1. The Balaban J connectivity index is 1.87. The van der Waals surface area contributed by atoms with E-state index in [0.29, 0.717) is 18.4 Å². The van der Waals surface area contributed by atoms with Crippen LogP contribution in [0.25, 0.3) is 0 Å². The zero-order valence-electron chi connectivity index (χ0n) is 11.5. The summed E-state index contributed by atoms with van der Waals surface area (Å²) in [6.07, 6.45) is 3.17. The van der Waals surface area contributed by atoms with Crippen molar-refractivity contribution in [3.8, 4) is 0 Å². The zero-order chi connectivity index (χ0) is 15.0. The van der Waals surface area contributed by atoms with E-state index in [9.17, 15) is 19.5 Å². The number of rotatable bonds is 3. The molecule has 1 aliphatic carbocycles. The van der Waals surface area contributed by atoms with Crippen LogP contribution in [-0.2, 0) is 11.3 Å². The van der Waals surface area contributed by atoms with Gasteiger partial charge in [-0.05, 0) is 24.5 Å². The van der Waals surface area contributed by atoms with Gasteiger partial charge in [0.25, 0.3) is 5.91 Å². The summed E-state index contributed by atoms with van der Waals surface area (Å²) < 4.78 is 0. The number of carbonyl (C=O) groups is 3. The van der Waals surface area contributed by atoms with Gasteiger partial charge < -0.3 is 10.4 Å². The number of imide groups is 1. The Hall–Kier alpha value is -2.37. The first-order valence-electron chi connectivity index (χ1n) is 6.99. The van der Waals surface area contributed by atoms with Gasteiger partial charge in [0.05, 0.1) is 12.1 Å². The van der Waals surface area contributed by atoms with Crippen molar-refractivity contribution < 1.29 is 19.5 Å². The summed E-state index contributed by atoms with van der Waals surface area (Å²) in [6.45, 7) is -0.00507. The molecule has 1 saturated heterocycles. The first-order valence-corrected chi connectivity index (χ1v) is 6.99. The summed E-state index contributed by atoms with van der Waals surface area (Å²) in [4.78, 5) is 36.9. The normalized spacial score (nSPS) is 20.1. The number of aromatic carboxylic acids is 1. The molecule has 0 unspecified atom stereocenters. The van der Waals surface area contributed by atoms with Crippen LogP contribution in [0.15, 0.2) is 24.3 Å². The first kappa shape index (κ1) is 13.6. The third-order valence-electron chi connectivity index (χ3n) is 4.28. The number of hydrogen-bond acceptors (Lipinski definition) is 3. The largest absolute Gasteiger partial charge is 0.478 e. The summed E-state index contributed by atoms with van der Waals surface area (Å²) in [5, 5.41) is 12.0. The van der Waals surface area contributed by atoms with Crippen molar-refractivity contribution in [2.45, 2.75) is 37.8 Å². The van der Waals surface area contributed by atoms with Crippen LogP contribution in [0.5, 0.6) is 0 Å². The van der Waals surface area contributed by atoms with E-state index in [0.717, 1.165) is 17.7 Å². The molecule has 1 heterocycles. The lowest BCUT2D eigenvalue weighted by Crippen LogP contribution is -2.44. The summed E-state index contributed by atoms with van der Waals surface area (Å²) >= 11 is 0. The predicted octanol–water partition coefficient (Wildman–Crippen LogP) is 1.75. The van der Waals surface area contributed by atoms with Gasteiger partial charge >= 0.3 is 12.0 Å². The van der Waals surface area contributed by atoms with E-state index in [1.807, 2.05) is 0 Å². The standard InChI is InChI=1S/C15H16N2O4/c18-12(19)11-6-2-1-5-10(11)9-17-13(20)15(16-14(17)21)7-3-4-8-15/h1-2,5-6H,3-4,7-9H2,(H,16,21)(H,18,19). The van der Waals surface area contributed by atoms with Crippen molar-refractivity contribution >= 4 is 17.9 Å². The van der Waals surface area contributed by atoms with Crippen LogP contribution < -0.4 is 5.32 Å². The van der Waals surface area contributed by atoms with Crippen molar-refractivity contribution in [1.29, 1.82) is 0 Å². The van der Waals surface area contributed by atoms with Gasteiger partial charge in [0.15, 0.2) is 0 Å². The molecular weight excluding hydrogens is 272 g/mol. The molecule has 6 nitrogen and oxygen atoms in total. The predicted molar refractivity (Wildman–Crippen MR) is 73.7 cm³/mol. The van der Waals surface area contributed by atoms with Gasteiger partial charge in [0.2, 0.25) is 0 Å². The number of carboxylic acid groups (broad SMARTS) is 1. The molecule has 1 spiro atoms. The third kappa shape index (κ3) is 2.16. The molecular formula is C15H16N2O4. The number of hydrogen-bond donors (Lipinski definition) is 2. The monoisotopic (exact) mass is 288 g/mol. The molecule has 2 fully saturated rings. The molecule has 1 aromatic rings. The minimum Gasteiger partial charge on any atom is -0.478 e. The molecule has 3 amide bonds. The molecule has 110 valence electrons. The van der Waals surface area contributed by atoms with Crippen LogP contribution >= 0.6 is 0 Å². The van der Waals surface area contributed by atoms with Crippen LogP contribution in [0.1, 0.15) is 41.6 Å². The summed E-state index contributed by atoms with van der Waals surface area (Å²) in [6, 6.07) is 6.00. The molecule has 21 heavy (non-hydrogen) atoms. The first-order chi connectivity index (χ1) is 10.0. The van der Waals surface area contributed by atoms with Gasteiger partial charge in [-0.15, -0.1) is 0 Å². The Morgan fingerprint density at radius 3 is 2.57 bits per heavy atom. The van der Waals surface area contributed by atoms with Crippen LogP contribution in [0.2, 0.25) is 0 Å². The lowest BCUT2D eigenvalue weighted by atomic mass is 9.98. The topological polar surface area (TPSA) is 86.7 Å². The van der Waals surface area contributed by atoms with E-state index in [2.05, 4.69) is 5.32 Å². The summed E-state index contributed by atoms with van der Waals surface area (Å²) in [5.41, 5.74) is -0.177. The summed E-state index contributed by atoms with van der Waals surface area (Å²) in [5.74, 6) is -1.29. The lowest BCUT2D eigenvalue weighted by Gasteiger charge is -2.20. The molecule has 0 aromatic heterocycles. The maximum Gasteiger partial charge on any atom is 0.336 e. The molecule has 1 aromatic carbocycles. The van der Waals surface area contributed by atoms with Crippen LogP contribution in [0, 0.1) is 0 Å². The zero-order valence-corrected chi connectivity index (χ0v) is 11.5. The maximum absolute atomic E-state index is 12.5. The van der Waals surface area contributed by atoms with Gasteiger partial charge in [-0.3, -0.25) is 9.69 Å². The van der Waals surface area contributed by atoms with E-state index >= 15 is 0 Å². The van der Waals surface area contributed by atoms with Gasteiger partial charge in [0.1, 0.15) is 5.54 Å². The Morgan fingerprint density at radius 1 is 1.24 bits per heavy atom. The van der Waals surface area contributed by atoms with Crippen LogP contribution in [0.3, 0.4) is 0 Å². The second kappa shape index (κ2) is 4.87. The highest BCUT2D eigenvalue weighted by atomic mass is 16.4. The van der Waals surface area contributed by atoms with E-state index in [4.69, 9.17) is 0 Å². The van der Waals surface area contributed by atoms with Gasteiger partial charge in [-0.1, -0.05) is 31.0 Å². The van der Waals surface area contributed by atoms with E-state index in [-0.39, 0.29) is 18.0 Å². The fraction of sp³-hybridized carbons (Fsp3) is 0.400. The fourth-order valence-corrected chi connectivity index (χ4v) is 3.17. The number of benzene rings is 1. The van der Waals surface area contributed by atoms with Gasteiger partial charge in [-0.2, -0.15) is 0 Å². The highest BCUT2D eigenvalue weighted by Gasteiger charge is 2.52. The highest BCUT2D eigenvalue weighted by Crippen LogP contribution is 2.35. The maximum atomic E-state index is 12.5. The average molecular weight is 288 g/mol. The molecule has 1 saturated carbocycles. The smallest absolute Gasteiger partial charge is 0.336 e.